The Kier molecular flexibility index (Phi) is 5.25. The second kappa shape index (κ2) is 7.43. The summed E-state index contributed by atoms with van der Waals surface area (Å²) in [7, 11) is 0. The smallest absolute Gasteiger partial charge is 0.407 e. The van der Waals surface area contributed by atoms with Crippen LogP contribution in [0.15, 0.2) is 18.2 Å². The number of fused-ring (bicyclic) bond motifs is 1. The number of hydrogen-bond acceptors (Lipinski definition) is 5. The summed E-state index contributed by atoms with van der Waals surface area (Å²) in [5, 5.41) is 2.77. The van der Waals surface area contributed by atoms with Gasteiger partial charge in [0.15, 0.2) is 11.5 Å². The monoisotopic (exact) mass is 362 g/mol. The second-order valence-corrected chi connectivity index (χ2v) is 7.54. The molecule has 3 rings (SSSR count). The van der Waals surface area contributed by atoms with Gasteiger partial charge in [0.25, 0.3) is 5.91 Å². The number of carbonyl (C=O) groups is 2. The van der Waals surface area contributed by atoms with E-state index >= 15 is 0 Å². The number of ether oxygens (including phenoxy) is 3. The van der Waals surface area contributed by atoms with Crippen LogP contribution in [0.3, 0.4) is 0 Å². The van der Waals surface area contributed by atoms with Crippen molar-refractivity contribution >= 4 is 12.0 Å². The molecular weight excluding hydrogens is 336 g/mol. The fourth-order valence-corrected chi connectivity index (χ4v) is 3.17. The molecule has 0 bridgehead atoms. The van der Waals surface area contributed by atoms with Gasteiger partial charge in [0.2, 0.25) is 0 Å². The SMILES string of the molecule is CC(C)(C)OC(=O)NC[C@@H]1CCCN1C(=O)c1ccc2c(c1)OCCO2. The number of carbonyl (C=O) groups excluding carboxylic acids is 2. The topological polar surface area (TPSA) is 77.1 Å². The molecule has 7 heteroatoms. The average molecular weight is 362 g/mol. The Labute approximate surface area is 153 Å². The van der Waals surface area contributed by atoms with E-state index in [2.05, 4.69) is 5.32 Å². The number of amides is 2. The minimum Gasteiger partial charge on any atom is -0.486 e. The predicted octanol–water partition coefficient (Wildman–Crippen LogP) is 2.59. The Balaban J connectivity index is 1.62. The van der Waals surface area contributed by atoms with E-state index in [9.17, 15) is 9.59 Å². The highest BCUT2D eigenvalue weighted by Crippen LogP contribution is 2.32. The van der Waals surface area contributed by atoms with E-state index < -0.39 is 11.7 Å². The van der Waals surface area contributed by atoms with Gasteiger partial charge < -0.3 is 24.4 Å². The summed E-state index contributed by atoms with van der Waals surface area (Å²) >= 11 is 0. The molecule has 1 N–H and O–H groups in total. The fraction of sp³-hybridized carbons (Fsp3) is 0.579. The molecule has 1 atom stereocenters. The number of nitrogens with zero attached hydrogens (tertiary/aromatic N) is 1. The molecule has 1 saturated heterocycles. The molecule has 0 saturated carbocycles. The molecule has 2 aliphatic heterocycles. The predicted molar refractivity (Wildman–Crippen MR) is 95.7 cm³/mol. The van der Waals surface area contributed by atoms with E-state index in [0.717, 1.165) is 12.8 Å². The number of hydrogen-bond donors (Lipinski definition) is 1. The molecule has 2 aliphatic rings. The van der Waals surface area contributed by atoms with Crippen LogP contribution in [0.1, 0.15) is 44.0 Å². The standard InChI is InChI=1S/C19H26N2O5/c1-19(2,3)26-18(23)20-12-14-5-4-8-21(14)17(22)13-6-7-15-16(11-13)25-10-9-24-15/h6-7,11,14H,4-5,8-10,12H2,1-3H3,(H,20,23)/t14-/m0/s1. The Hall–Kier alpha value is -2.44. The Morgan fingerprint density at radius 3 is 2.69 bits per heavy atom. The van der Waals surface area contributed by atoms with Gasteiger partial charge in [-0.2, -0.15) is 0 Å². The first-order valence-electron chi connectivity index (χ1n) is 9.01. The zero-order valence-electron chi connectivity index (χ0n) is 15.5. The van der Waals surface area contributed by atoms with Gasteiger partial charge in [0, 0.05) is 24.7 Å². The lowest BCUT2D eigenvalue weighted by atomic mass is 10.1. The van der Waals surface area contributed by atoms with Crippen LogP contribution in [-0.4, -0.2) is 54.8 Å². The first-order chi connectivity index (χ1) is 12.3. The van der Waals surface area contributed by atoms with Crippen LogP contribution in [0, 0.1) is 0 Å². The van der Waals surface area contributed by atoms with Crippen LogP contribution in [0.5, 0.6) is 11.5 Å². The lowest BCUT2D eigenvalue weighted by Crippen LogP contribution is -2.44. The van der Waals surface area contributed by atoms with Crippen molar-refractivity contribution in [2.45, 2.75) is 45.3 Å². The molecule has 2 amide bonds. The summed E-state index contributed by atoms with van der Waals surface area (Å²) in [6.45, 7) is 7.51. The van der Waals surface area contributed by atoms with Crippen molar-refractivity contribution in [2.24, 2.45) is 0 Å². The van der Waals surface area contributed by atoms with Crippen LogP contribution < -0.4 is 14.8 Å². The molecule has 0 aliphatic carbocycles. The van der Waals surface area contributed by atoms with Crippen molar-refractivity contribution in [1.82, 2.24) is 10.2 Å². The maximum absolute atomic E-state index is 12.9. The van der Waals surface area contributed by atoms with Gasteiger partial charge >= 0.3 is 6.09 Å². The Morgan fingerprint density at radius 1 is 1.23 bits per heavy atom. The average Bonchev–Trinajstić information content (AvgIpc) is 3.06. The van der Waals surface area contributed by atoms with E-state index in [-0.39, 0.29) is 11.9 Å². The van der Waals surface area contributed by atoms with E-state index in [0.29, 0.717) is 43.4 Å². The maximum atomic E-state index is 12.9. The molecule has 1 fully saturated rings. The van der Waals surface area contributed by atoms with Crippen molar-refractivity contribution < 1.29 is 23.8 Å². The zero-order valence-corrected chi connectivity index (χ0v) is 15.5. The summed E-state index contributed by atoms with van der Waals surface area (Å²) in [4.78, 5) is 26.6. The molecule has 1 aromatic rings. The van der Waals surface area contributed by atoms with Gasteiger partial charge in [-0.1, -0.05) is 0 Å². The number of benzene rings is 1. The fourth-order valence-electron chi connectivity index (χ4n) is 3.17. The number of alkyl carbamates (subject to hydrolysis) is 1. The number of rotatable bonds is 3. The van der Waals surface area contributed by atoms with Crippen LogP contribution in [0.25, 0.3) is 0 Å². The quantitative estimate of drug-likeness (QED) is 0.894. The van der Waals surface area contributed by atoms with Crippen molar-refractivity contribution in [2.75, 3.05) is 26.3 Å². The molecule has 0 aromatic heterocycles. The Morgan fingerprint density at radius 2 is 1.96 bits per heavy atom. The third-order valence-electron chi connectivity index (χ3n) is 4.31. The summed E-state index contributed by atoms with van der Waals surface area (Å²) in [5.41, 5.74) is 0.0268. The number of likely N-dealkylation sites (tertiary alicyclic amines) is 1. The highest BCUT2D eigenvalue weighted by atomic mass is 16.6. The molecule has 142 valence electrons. The van der Waals surface area contributed by atoms with Gasteiger partial charge in [-0.15, -0.1) is 0 Å². The molecule has 0 radical (unpaired) electrons. The number of nitrogens with one attached hydrogen (secondary N) is 1. The first kappa shape index (κ1) is 18.4. The zero-order chi connectivity index (χ0) is 18.7. The summed E-state index contributed by atoms with van der Waals surface area (Å²) < 4.78 is 16.3. The molecule has 0 spiro atoms. The van der Waals surface area contributed by atoms with E-state index in [1.807, 2.05) is 25.7 Å². The van der Waals surface area contributed by atoms with E-state index in [4.69, 9.17) is 14.2 Å². The molecule has 1 aromatic carbocycles. The normalized spacial score (nSPS) is 19.2. The molecule has 26 heavy (non-hydrogen) atoms. The lowest BCUT2D eigenvalue weighted by Gasteiger charge is -2.26. The van der Waals surface area contributed by atoms with Crippen LogP contribution in [0.2, 0.25) is 0 Å². The molecule has 7 nitrogen and oxygen atoms in total. The van der Waals surface area contributed by atoms with Gasteiger partial charge in [0.1, 0.15) is 18.8 Å². The van der Waals surface area contributed by atoms with Gasteiger partial charge in [-0.05, 0) is 51.8 Å². The largest absolute Gasteiger partial charge is 0.486 e. The van der Waals surface area contributed by atoms with Crippen LogP contribution >= 0.6 is 0 Å². The molecule has 0 unspecified atom stereocenters. The highest BCUT2D eigenvalue weighted by molar-refractivity contribution is 5.95. The first-order valence-corrected chi connectivity index (χ1v) is 9.01. The third kappa shape index (κ3) is 4.39. The minimum absolute atomic E-state index is 0.0387. The highest BCUT2D eigenvalue weighted by Gasteiger charge is 2.30. The van der Waals surface area contributed by atoms with Crippen molar-refractivity contribution in [3.63, 3.8) is 0 Å². The van der Waals surface area contributed by atoms with Crippen LogP contribution in [0.4, 0.5) is 4.79 Å². The summed E-state index contributed by atoms with van der Waals surface area (Å²) in [6.07, 6.45) is 1.30. The van der Waals surface area contributed by atoms with Gasteiger partial charge in [0.05, 0.1) is 0 Å². The summed E-state index contributed by atoms with van der Waals surface area (Å²) in [6, 6.07) is 5.22. The van der Waals surface area contributed by atoms with E-state index in [1.54, 1.807) is 18.2 Å². The second-order valence-electron chi connectivity index (χ2n) is 7.54. The molecule has 2 heterocycles. The van der Waals surface area contributed by atoms with Crippen LogP contribution in [-0.2, 0) is 4.74 Å². The lowest BCUT2D eigenvalue weighted by molar-refractivity contribution is 0.0501. The van der Waals surface area contributed by atoms with Gasteiger partial charge in [-0.3, -0.25) is 4.79 Å². The van der Waals surface area contributed by atoms with Gasteiger partial charge in [-0.25, -0.2) is 4.79 Å². The maximum Gasteiger partial charge on any atom is 0.407 e. The third-order valence-corrected chi connectivity index (χ3v) is 4.31. The molecular formula is C19H26N2O5. The summed E-state index contributed by atoms with van der Waals surface area (Å²) in [5.74, 6) is 1.21. The van der Waals surface area contributed by atoms with Crippen molar-refractivity contribution in [3.8, 4) is 11.5 Å². The Bertz CT molecular complexity index is 683. The van der Waals surface area contributed by atoms with E-state index in [1.165, 1.54) is 0 Å². The van der Waals surface area contributed by atoms with Crippen molar-refractivity contribution in [1.29, 1.82) is 0 Å². The minimum atomic E-state index is -0.541. The van der Waals surface area contributed by atoms with Crippen molar-refractivity contribution in [3.05, 3.63) is 23.8 Å².